The Kier molecular flexibility index (Phi) is 5.80. The first-order valence-electron chi connectivity index (χ1n) is 5.01. The molecule has 0 bridgehead atoms. The normalized spacial score (nSPS) is 15.4. The number of halogens is 4. The van der Waals surface area contributed by atoms with Crippen LogP contribution in [0, 0.1) is 0 Å². The van der Waals surface area contributed by atoms with E-state index < -0.39 is 27.1 Å². The third kappa shape index (κ3) is 8.86. The average molecular weight is 246 g/mol. The second kappa shape index (κ2) is 5.84. The van der Waals surface area contributed by atoms with Crippen LogP contribution in [0.4, 0.5) is 17.6 Å². The molecule has 0 radical (unpaired) electrons. The lowest BCUT2D eigenvalue weighted by molar-refractivity contribution is -0.144. The van der Waals surface area contributed by atoms with E-state index in [4.69, 9.17) is 4.43 Å². The van der Waals surface area contributed by atoms with Crippen molar-refractivity contribution in [1.82, 2.24) is 0 Å². The van der Waals surface area contributed by atoms with Gasteiger partial charge in [0.05, 0.1) is 6.42 Å². The van der Waals surface area contributed by atoms with Gasteiger partial charge in [-0.3, -0.25) is 0 Å². The summed E-state index contributed by atoms with van der Waals surface area (Å²) >= 11 is 0. The van der Waals surface area contributed by atoms with Crippen molar-refractivity contribution < 1.29 is 22.0 Å². The van der Waals surface area contributed by atoms with Gasteiger partial charge in [-0.25, -0.2) is 4.39 Å². The van der Waals surface area contributed by atoms with Crippen LogP contribution in [-0.2, 0) is 4.43 Å². The van der Waals surface area contributed by atoms with E-state index in [9.17, 15) is 17.6 Å². The Hall–Kier alpha value is -0.103. The molecule has 92 valence electrons. The quantitative estimate of drug-likeness (QED) is 0.510. The lowest BCUT2D eigenvalue weighted by Crippen LogP contribution is -2.35. The third-order valence-electron chi connectivity index (χ3n) is 1.86. The lowest BCUT2D eigenvalue weighted by Gasteiger charge is -2.24. The molecule has 0 fully saturated rings. The van der Waals surface area contributed by atoms with Gasteiger partial charge in [0.2, 0.25) is 0 Å². The fraction of sp³-hybridized carbons (Fsp3) is 1.00. The topological polar surface area (TPSA) is 9.23 Å². The zero-order valence-electron chi connectivity index (χ0n) is 9.33. The van der Waals surface area contributed by atoms with Gasteiger partial charge in [0.25, 0.3) is 0 Å². The van der Waals surface area contributed by atoms with E-state index in [0.29, 0.717) is 6.61 Å². The van der Waals surface area contributed by atoms with Gasteiger partial charge in [0.1, 0.15) is 6.17 Å². The molecule has 0 heterocycles. The highest BCUT2D eigenvalue weighted by atomic mass is 28.4. The molecule has 0 saturated carbocycles. The van der Waals surface area contributed by atoms with Gasteiger partial charge >= 0.3 is 6.18 Å². The van der Waals surface area contributed by atoms with Gasteiger partial charge in [0.15, 0.2) is 8.32 Å². The number of hydrogen-bond acceptors (Lipinski definition) is 1. The molecule has 0 rings (SSSR count). The van der Waals surface area contributed by atoms with Crippen molar-refractivity contribution in [2.75, 3.05) is 6.61 Å². The van der Waals surface area contributed by atoms with E-state index in [1.165, 1.54) is 0 Å². The number of hydrogen-bond donors (Lipinski definition) is 0. The predicted molar refractivity (Wildman–Crippen MR) is 54.1 cm³/mol. The fourth-order valence-corrected chi connectivity index (χ4v) is 3.38. The van der Waals surface area contributed by atoms with Gasteiger partial charge in [-0.1, -0.05) is 6.92 Å². The molecule has 0 saturated heterocycles. The molecule has 6 heteroatoms. The molecular formula is C9H18F4OSi. The second-order valence-corrected chi connectivity index (χ2v) is 8.45. The fourth-order valence-electron chi connectivity index (χ4n) is 1.29. The smallest absolute Gasteiger partial charge is 0.391 e. The zero-order chi connectivity index (χ0) is 12.1. The molecule has 0 aliphatic carbocycles. The van der Waals surface area contributed by atoms with Crippen molar-refractivity contribution in [3.05, 3.63) is 0 Å². The first-order valence-corrected chi connectivity index (χ1v) is 8.12. The minimum atomic E-state index is -4.42. The summed E-state index contributed by atoms with van der Waals surface area (Å²) in [6, 6.07) is -0.0908. The Labute approximate surface area is 88.9 Å². The molecule has 1 unspecified atom stereocenters. The molecule has 0 N–H and O–H groups in total. The highest BCUT2D eigenvalue weighted by Gasteiger charge is 2.36. The zero-order valence-corrected chi connectivity index (χ0v) is 10.3. The maximum absolute atomic E-state index is 13.1. The maximum Gasteiger partial charge on any atom is 0.391 e. The van der Waals surface area contributed by atoms with E-state index in [1.807, 2.05) is 6.92 Å². The Balaban J connectivity index is 3.98. The molecule has 1 atom stereocenters. The summed E-state index contributed by atoms with van der Waals surface area (Å²) in [6.45, 7) is 5.89. The molecule has 0 aromatic rings. The van der Waals surface area contributed by atoms with Crippen LogP contribution in [0.25, 0.3) is 0 Å². The van der Waals surface area contributed by atoms with Crippen LogP contribution in [0.1, 0.15) is 19.8 Å². The van der Waals surface area contributed by atoms with E-state index in [1.54, 1.807) is 13.1 Å². The van der Waals surface area contributed by atoms with Crippen molar-refractivity contribution >= 4 is 8.32 Å². The van der Waals surface area contributed by atoms with Crippen molar-refractivity contribution in [2.24, 2.45) is 0 Å². The number of rotatable bonds is 6. The van der Waals surface area contributed by atoms with Gasteiger partial charge < -0.3 is 4.43 Å². The SMILES string of the molecule is CCCO[Si](C)(C)CC(F)CC(F)(F)F. The average Bonchev–Trinajstić information content (AvgIpc) is 1.95. The first-order chi connectivity index (χ1) is 6.66. The van der Waals surface area contributed by atoms with Gasteiger partial charge in [-0.2, -0.15) is 13.2 Å². The minimum Gasteiger partial charge on any atom is -0.417 e. The van der Waals surface area contributed by atoms with Crippen molar-refractivity contribution in [1.29, 1.82) is 0 Å². The first kappa shape index (κ1) is 14.9. The Bertz CT molecular complexity index is 181. The highest BCUT2D eigenvalue weighted by molar-refractivity contribution is 6.71. The van der Waals surface area contributed by atoms with Crippen LogP contribution in [-0.4, -0.2) is 27.3 Å². The summed E-state index contributed by atoms with van der Waals surface area (Å²) in [7, 11) is -2.26. The van der Waals surface area contributed by atoms with E-state index in [-0.39, 0.29) is 6.04 Å². The number of alkyl halides is 4. The molecular weight excluding hydrogens is 228 g/mol. The van der Waals surface area contributed by atoms with Gasteiger partial charge in [-0.15, -0.1) is 0 Å². The second-order valence-electron chi connectivity index (χ2n) is 4.23. The summed E-state index contributed by atoms with van der Waals surface area (Å²) in [5.74, 6) is 0. The lowest BCUT2D eigenvalue weighted by atomic mass is 10.3. The van der Waals surface area contributed by atoms with Crippen LogP contribution < -0.4 is 0 Å². The molecule has 0 aliphatic heterocycles. The summed E-state index contributed by atoms with van der Waals surface area (Å²) in [4.78, 5) is 0. The predicted octanol–water partition coefficient (Wildman–Crippen LogP) is 3.91. The largest absolute Gasteiger partial charge is 0.417 e. The monoisotopic (exact) mass is 246 g/mol. The molecule has 0 aromatic heterocycles. The summed E-state index contributed by atoms with van der Waals surface area (Å²) in [6.07, 6.45) is -6.82. The van der Waals surface area contributed by atoms with Crippen molar-refractivity contribution in [3.8, 4) is 0 Å². The Morgan fingerprint density at radius 1 is 1.27 bits per heavy atom. The van der Waals surface area contributed by atoms with Crippen LogP contribution in [0.15, 0.2) is 0 Å². The molecule has 1 nitrogen and oxygen atoms in total. The summed E-state index contributed by atoms with van der Waals surface area (Å²) in [5.41, 5.74) is 0. The van der Waals surface area contributed by atoms with Crippen molar-refractivity contribution in [3.63, 3.8) is 0 Å². The van der Waals surface area contributed by atoms with Gasteiger partial charge in [0, 0.05) is 6.61 Å². The third-order valence-corrected chi connectivity index (χ3v) is 4.27. The van der Waals surface area contributed by atoms with E-state index >= 15 is 0 Å². The molecule has 0 aliphatic rings. The van der Waals surface area contributed by atoms with Crippen LogP contribution in [0.3, 0.4) is 0 Å². The molecule has 0 spiro atoms. The molecule has 15 heavy (non-hydrogen) atoms. The minimum absolute atomic E-state index is 0.0908. The summed E-state index contributed by atoms with van der Waals surface area (Å²) in [5, 5.41) is 0. The van der Waals surface area contributed by atoms with Crippen LogP contribution in [0.5, 0.6) is 0 Å². The Morgan fingerprint density at radius 2 is 1.80 bits per heavy atom. The maximum atomic E-state index is 13.1. The van der Waals surface area contributed by atoms with E-state index in [0.717, 1.165) is 6.42 Å². The summed E-state index contributed by atoms with van der Waals surface area (Å²) < 4.78 is 54.1. The van der Waals surface area contributed by atoms with E-state index in [2.05, 4.69) is 0 Å². The van der Waals surface area contributed by atoms with Crippen LogP contribution >= 0.6 is 0 Å². The standard InChI is InChI=1S/C9H18F4OSi/c1-4-5-14-15(2,3)7-8(10)6-9(11,12)13/h8H,4-7H2,1-3H3. The van der Waals surface area contributed by atoms with Crippen molar-refractivity contribution in [2.45, 2.75) is 51.3 Å². The Morgan fingerprint density at radius 3 is 2.20 bits per heavy atom. The van der Waals surface area contributed by atoms with Crippen LogP contribution in [0.2, 0.25) is 19.1 Å². The molecule has 0 aromatic carbocycles. The highest BCUT2D eigenvalue weighted by Crippen LogP contribution is 2.27. The molecule has 0 amide bonds. The van der Waals surface area contributed by atoms with Gasteiger partial charge in [-0.05, 0) is 25.6 Å².